The van der Waals surface area contributed by atoms with Gasteiger partial charge in [-0.1, -0.05) is 6.07 Å². The number of carboxylic acids is 1. The summed E-state index contributed by atoms with van der Waals surface area (Å²) in [5.74, 6) is -2.92. The molecule has 0 heterocycles. The summed E-state index contributed by atoms with van der Waals surface area (Å²) in [4.78, 5) is 34.5. The number of rotatable bonds is 9. The minimum Gasteiger partial charge on any atom is -0.508 e. The molecular formula is C28H30F3N5O7. The Morgan fingerprint density at radius 3 is 1.95 bits per heavy atom. The first-order chi connectivity index (χ1) is 20.1. The van der Waals surface area contributed by atoms with Gasteiger partial charge in [-0.25, -0.2) is 4.79 Å². The van der Waals surface area contributed by atoms with E-state index in [4.69, 9.17) is 30.5 Å². The molecule has 0 spiro atoms. The molecular weight excluding hydrogens is 575 g/mol. The van der Waals surface area contributed by atoms with E-state index in [0.29, 0.717) is 28.3 Å². The number of methoxy groups -OCH3 is 1. The number of hydrazine groups is 1. The van der Waals surface area contributed by atoms with Gasteiger partial charge in [0.15, 0.2) is 11.5 Å². The van der Waals surface area contributed by atoms with Crippen molar-refractivity contribution in [3.63, 3.8) is 0 Å². The number of halogens is 3. The van der Waals surface area contributed by atoms with Crippen molar-refractivity contribution in [1.82, 2.24) is 10.9 Å². The van der Waals surface area contributed by atoms with Crippen LogP contribution in [-0.4, -0.2) is 53.2 Å². The maximum Gasteiger partial charge on any atom is 0.490 e. The molecule has 0 saturated carbocycles. The van der Waals surface area contributed by atoms with E-state index in [2.05, 4.69) is 16.2 Å². The highest BCUT2D eigenvalue weighted by Gasteiger charge is 2.38. The van der Waals surface area contributed by atoms with E-state index in [1.165, 1.54) is 31.4 Å². The number of nitrogen functional groups attached to an aromatic ring is 1. The summed E-state index contributed by atoms with van der Waals surface area (Å²) < 4.78 is 43.0. The summed E-state index contributed by atoms with van der Waals surface area (Å²) >= 11 is 0. The van der Waals surface area contributed by atoms with E-state index in [1.807, 2.05) is 13.8 Å². The second-order valence-electron chi connectivity index (χ2n) is 8.94. The average Bonchev–Trinajstić information content (AvgIpc) is 2.95. The van der Waals surface area contributed by atoms with Crippen molar-refractivity contribution >= 4 is 29.3 Å². The number of ether oxygens (including phenoxy) is 2. The van der Waals surface area contributed by atoms with Gasteiger partial charge in [0.25, 0.3) is 11.8 Å². The number of hydrogen-bond acceptors (Lipinski definition) is 8. The molecule has 0 aliphatic heterocycles. The molecule has 1 unspecified atom stereocenters. The van der Waals surface area contributed by atoms with Crippen molar-refractivity contribution < 1.29 is 47.2 Å². The molecule has 230 valence electrons. The Kier molecular flexibility index (Phi) is 11.7. The molecule has 0 aliphatic carbocycles. The van der Waals surface area contributed by atoms with E-state index in [-0.39, 0.29) is 23.3 Å². The van der Waals surface area contributed by atoms with Crippen molar-refractivity contribution in [3.05, 3.63) is 83.4 Å². The first-order valence-corrected chi connectivity index (χ1v) is 12.4. The molecule has 0 radical (unpaired) electrons. The van der Waals surface area contributed by atoms with Gasteiger partial charge in [0, 0.05) is 16.8 Å². The Balaban J connectivity index is 0.000000821. The molecule has 12 nitrogen and oxygen atoms in total. The Bertz CT molecular complexity index is 1430. The fourth-order valence-electron chi connectivity index (χ4n) is 3.30. The predicted molar refractivity (Wildman–Crippen MR) is 150 cm³/mol. The second-order valence-corrected chi connectivity index (χ2v) is 8.94. The number of phenolic OH excluding ortho intramolecular Hbond substituents is 1. The largest absolute Gasteiger partial charge is 0.508 e. The molecule has 3 aromatic carbocycles. The zero-order valence-corrected chi connectivity index (χ0v) is 23.2. The third kappa shape index (κ3) is 10.5. The smallest absolute Gasteiger partial charge is 0.490 e. The molecule has 3 rings (SSSR count). The highest BCUT2D eigenvalue weighted by molar-refractivity contribution is 5.97. The normalized spacial score (nSPS) is 11.3. The summed E-state index contributed by atoms with van der Waals surface area (Å²) in [5, 5.41) is 27.2. The maximum absolute atomic E-state index is 13.2. The quantitative estimate of drug-likeness (QED) is 0.108. The number of hydrogen-bond donors (Lipinski definition) is 7. The Morgan fingerprint density at radius 1 is 0.907 bits per heavy atom. The molecule has 2 amide bonds. The van der Waals surface area contributed by atoms with Crippen LogP contribution in [0.5, 0.6) is 17.2 Å². The number of benzene rings is 3. The molecule has 8 N–H and O–H groups in total. The topological polar surface area (TPSA) is 196 Å². The highest BCUT2D eigenvalue weighted by Crippen LogP contribution is 2.32. The number of phenols is 1. The van der Waals surface area contributed by atoms with Gasteiger partial charge in [-0.2, -0.15) is 13.2 Å². The van der Waals surface area contributed by atoms with Crippen LogP contribution in [0.3, 0.4) is 0 Å². The van der Waals surface area contributed by atoms with Crippen LogP contribution in [0.1, 0.15) is 41.4 Å². The Hall–Kier alpha value is -5.47. The van der Waals surface area contributed by atoms with Crippen LogP contribution in [0.15, 0.2) is 66.7 Å². The van der Waals surface area contributed by atoms with Gasteiger partial charge in [0.1, 0.15) is 17.6 Å². The molecule has 3 aromatic rings. The molecule has 0 aromatic heterocycles. The van der Waals surface area contributed by atoms with E-state index in [1.54, 1.807) is 42.5 Å². The SMILES string of the molecule is COc1cc(C(Nc2ccc(C(=N)N)cc2)C(=O)NNC(=O)c2ccc(O)cc2)ccc1OC(C)C.O=C(O)C(F)(F)F. The fraction of sp³-hybridized carbons (Fsp3) is 0.214. The predicted octanol–water partition coefficient (Wildman–Crippen LogP) is 3.72. The van der Waals surface area contributed by atoms with Gasteiger partial charge in [0.05, 0.1) is 13.2 Å². The summed E-state index contributed by atoms with van der Waals surface area (Å²) in [6.07, 6.45) is -5.16. The number of carbonyl (C=O) groups excluding carboxylic acids is 2. The fourth-order valence-corrected chi connectivity index (χ4v) is 3.30. The lowest BCUT2D eigenvalue weighted by atomic mass is 10.0. The van der Waals surface area contributed by atoms with Crippen LogP contribution in [0.25, 0.3) is 0 Å². The molecule has 15 heteroatoms. The first kappa shape index (κ1) is 33.7. The van der Waals surface area contributed by atoms with Crippen molar-refractivity contribution in [2.45, 2.75) is 32.2 Å². The van der Waals surface area contributed by atoms with E-state index in [9.17, 15) is 27.9 Å². The summed E-state index contributed by atoms with van der Waals surface area (Å²) in [6.45, 7) is 3.79. The number of carboxylic acid groups (broad SMARTS) is 1. The number of carbonyl (C=O) groups is 3. The number of anilines is 1. The number of amidine groups is 1. The van der Waals surface area contributed by atoms with Crippen molar-refractivity contribution in [1.29, 1.82) is 5.41 Å². The second kappa shape index (κ2) is 15.0. The lowest BCUT2D eigenvalue weighted by Gasteiger charge is -2.22. The molecule has 0 saturated heterocycles. The molecule has 0 bridgehead atoms. The molecule has 43 heavy (non-hydrogen) atoms. The third-order valence-corrected chi connectivity index (χ3v) is 5.32. The van der Waals surface area contributed by atoms with E-state index in [0.717, 1.165) is 0 Å². The lowest BCUT2D eigenvalue weighted by Crippen LogP contribution is -2.45. The van der Waals surface area contributed by atoms with Crippen LogP contribution in [0, 0.1) is 5.41 Å². The monoisotopic (exact) mass is 605 g/mol. The molecule has 1 atom stereocenters. The Morgan fingerprint density at radius 2 is 1.47 bits per heavy atom. The van der Waals surface area contributed by atoms with Gasteiger partial charge in [-0.05, 0) is 80.1 Å². The van der Waals surface area contributed by atoms with Crippen molar-refractivity contribution in [2.24, 2.45) is 5.73 Å². The van der Waals surface area contributed by atoms with Gasteiger partial charge < -0.3 is 30.7 Å². The van der Waals surface area contributed by atoms with Crippen LogP contribution in [-0.2, 0) is 9.59 Å². The van der Waals surface area contributed by atoms with E-state index < -0.39 is 30.0 Å². The minimum absolute atomic E-state index is 0.0227. The van der Waals surface area contributed by atoms with Crippen LogP contribution in [0.2, 0.25) is 0 Å². The van der Waals surface area contributed by atoms with Crippen LogP contribution in [0.4, 0.5) is 18.9 Å². The summed E-state index contributed by atoms with van der Waals surface area (Å²) in [7, 11) is 1.51. The first-order valence-electron chi connectivity index (χ1n) is 12.4. The maximum atomic E-state index is 13.2. The summed E-state index contributed by atoms with van der Waals surface area (Å²) in [5.41, 5.74) is 12.3. The number of alkyl halides is 3. The van der Waals surface area contributed by atoms with Crippen LogP contribution >= 0.6 is 0 Å². The zero-order chi connectivity index (χ0) is 32.3. The van der Waals surface area contributed by atoms with Crippen molar-refractivity contribution in [2.75, 3.05) is 12.4 Å². The summed E-state index contributed by atoms with van der Waals surface area (Å²) in [6, 6.07) is 16.5. The van der Waals surface area contributed by atoms with E-state index >= 15 is 0 Å². The number of aliphatic carboxylic acids is 1. The Labute approximate surface area is 244 Å². The average molecular weight is 606 g/mol. The van der Waals surface area contributed by atoms with Crippen LogP contribution < -0.4 is 31.4 Å². The van der Waals surface area contributed by atoms with Gasteiger partial charge in [-0.3, -0.25) is 25.8 Å². The zero-order valence-electron chi connectivity index (χ0n) is 23.2. The minimum atomic E-state index is -5.08. The molecule has 0 fully saturated rings. The third-order valence-electron chi connectivity index (χ3n) is 5.32. The number of nitrogens with two attached hydrogens (primary N) is 1. The number of aromatic hydroxyl groups is 1. The standard InChI is InChI=1S/C26H29N5O5.C2HF3O2/c1-15(2)36-21-13-8-18(14-22(21)35-3)23(29-19-9-4-16(5-10-19)24(27)28)26(34)31-30-25(33)17-6-11-20(32)12-7-17;3-2(4,5)1(6)7/h4-15,23,29,32H,1-3H3,(H3,27,28)(H,30,33)(H,31,34);(H,6,7). The highest BCUT2D eigenvalue weighted by atomic mass is 19.4. The molecule has 0 aliphatic rings. The van der Waals surface area contributed by atoms with Gasteiger partial charge >= 0.3 is 12.1 Å². The lowest BCUT2D eigenvalue weighted by molar-refractivity contribution is -0.192. The van der Waals surface area contributed by atoms with Gasteiger partial charge in [-0.15, -0.1) is 0 Å². The van der Waals surface area contributed by atoms with Crippen molar-refractivity contribution in [3.8, 4) is 17.2 Å². The number of amides is 2. The van der Waals surface area contributed by atoms with Gasteiger partial charge in [0.2, 0.25) is 0 Å². The number of nitrogens with one attached hydrogen (secondary N) is 4.